The molecule has 1 amide bonds. The summed E-state index contributed by atoms with van der Waals surface area (Å²) in [5, 5.41) is 6.53. The zero-order valence-corrected chi connectivity index (χ0v) is 15.5. The monoisotopic (exact) mass is 396 g/mol. The highest BCUT2D eigenvalue weighted by molar-refractivity contribution is 9.10. The summed E-state index contributed by atoms with van der Waals surface area (Å²) in [7, 11) is 1.54. The van der Waals surface area contributed by atoms with Crippen molar-refractivity contribution in [1.82, 2.24) is 0 Å². The van der Waals surface area contributed by atoms with Crippen LogP contribution in [0.5, 0.6) is 5.75 Å². The molecule has 4 nitrogen and oxygen atoms in total. The van der Waals surface area contributed by atoms with Gasteiger partial charge in [0.1, 0.15) is 5.75 Å². The van der Waals surface area contributed by atoms with Gasteiger partial charge in [-0.2, -0.15) is 0 Å². The summed E-state index contributed by atoms with van der Waals surface area (Å²) in [4.78, 5) is 12.2. The van der Waals surface area contributed by atoms with Crippen molar-refractivity contribution in [1.29, 1.82) is 0 Å². The van der Waals surface area contributed by atoms with E-state index in [1.54, 1.807) is 12.1 Å². The number of aryl methyl sites for hydroxylation is 2. The van der Waals surface area contributed by atoms with E-state index in [0.29, 0.717) is 16.5 Å². The highest BCUT2D eigenvalue weighted by Gasteiger charge is 2.11. The van der Waals surface area contributed by atoms with Gasteiger partial charge in [-0.1, -0.05) is 17.7 Å². The van der Waals surface area contributed by atoms with Crippen LogP contribution < -0.4 is 15.4 Å². The first-order chi connectivity index (χ1) is 10.9. The smallest absolute Gasteiger partial charge is 0.243 e. The number of benzene rings is 2. The minimum Gasteiger partial charge on any atom is -0.495 e. The molecule has 0 unspecified atom stereocenters. The Kier molecular flexibility index (Phi) is 5.91. The number of ether oxygens (including phenoxy) is 1. The van der Waals surface area contributed by atoms with Crippen molar-refractivity contribution in [3.05, 3.63) is 51.0 Å². The highest BCUT2D eigenvalue weighted by Crippen LogP contribution is 2.31. The predicted molar refractivity (Wildman–Crippen MR) is 98.7 cm³/mol. The molecule has 0 heterocycles. The summed E-state index contributed by atoms with van der Waals surface area (Å²) in [6.45, 7) is 4.03. The molecule has 0 radical (unpaired) electrons. The van der Waals surface area contributed by atoms with E-state index in [2.05, 4.69) is 26.6 Å². The molecule has 0 aliphatic carbocycles. The van der Waals surface area contributed by atoms with E-state index in [1.165, 1.54) is 7.11 Å². The number of hydrogen-bond acceptors (Lipinski definition) is 3. The molecule has 2 aromatic carbocycles. The molecule has 2 aromatic rings. The minimum absolute atomic E-state index is 0.145. The van der Waals surface area contributed by atoms with Crippen molar-refractivity contribution < 1.29 is 9.53 Å². The van der Waals surface area contributed by atoms with Gasteiger partial charge in [0.25, 0.3) is 0 Å². The molecule has 0 saturated carbocycles. The Hall–Kier alpha value is -1.72. The molecule has 6 heteroatoms. The first-order valence-corrected chi connectivity index (χ1v) is 8.22. The van der Waals surface area contributed by atoms with Crippen molar-refractivity contribution in [2.45, 2.75) is 13.8 Å². The van der Waals surface area contributed by atoms with E-state index in [-0.39, 0.29) is 12.5 Å². The van der Waals surface area contributed by atoms with Crippen LogP contribution in [-0.4, -0.2) is 19.6 Å². The van der Waals surface area contributed by atoms with Crippen molar-refractivity contribution in [3.63, 3.8) is 0 Å². The van der Waals surface area contributed by atoms with E-state index in [0.717, 1.165) is 21.3 Å². The topological polar surface area (TPSA) is 50.4 Å². The number of hydrogen-bond donors (Lipinski definition) is 2. The molecule has 0 fully saturated rings. The maximum atomic E-state index is 12.2. The Balaban J connectivity index is 2.04. The number of carbonyl (C=O) groups excluding carboxylic acids is 1. The van der Waals surface area contributed by atoms with Crippen LogP contribution in [-0.2, 0) is 4.79 Å². The highest BCUT2D eigenvalue weighted by atomic mass is 79.9. The van der Waals surface area contributed by atoms with Crippen LogP contribution >= 0.6 is 27.5 Å². The first-order valence-electron chi connectivity index (χ1n) is 7.04. The standard InChI is InChI=1S/C17H18BrClN2O2/c1-10-4-5-14(12(18)6-10)20-9-17(22)21-15-7-11(2)13(19)8-16(15)23-3/h4-8,20H,9H2,1-3H3,(H,21,22). The van der Waals surface area contributed by atoms with Gasteiger partial charge in [-0.05, 0) is 59.1 Å². The average Bonchev–Trinajstić information content (AvgIpc) is 2.49. The summed E-state index contributed by atoms with van der Waals surface area (Å²) in [5.41, 5.74) is 3.49. The summed E-state index contributed by atoms with van der Waals surface area (Å²) in [5.74, 6) is 0.364. The average molecular weight is 398 g/mol. The van der Waals surface area contributed by atoms with Crippen LogP contribution in [0.3, 0.4) is 0 Å². The fourth-order valence-corrected chi connectivity index (χ4v) is 2.85. The molecule has 0 bridgehead atoms. The molecular weight excluding hydrogens is 380 g/mol. The summed E-state index contributed by atoms with van der Waals surface area (Å²) >= 11 is 9.54. The van der Waals surface area contributed by atoms with E-state index in [9.17, 15) is 4.79 Å². The van der Waals surface area contributed by atoms with Crippen LogP contribution in [0.1, 0.15) is 11.1 Å². The van der Waals surface area contributed by atoms with Crippen LogP contribution in [0.4, 0.5) is 11.4 Å². The van der Waals surface area contributed by atoms with Gasteiger partial charge in [-0.25, -0.2) is 0 Å². The largest absolute Gasteiger partial charge is 0.495 e. The lowest BCUT2D eigenvalue weighted by Gasteiger charge is -2.13. The van der Waals surface area contributed by atoms with Crippen molar-refractivity contribution >= 4 is 44.8 Å². The molecule has 2 N–H and O–H groups in total. The van der Waals surface area contributed by atoms with Gasteiger partial charge in [-0.15, -0.1) is 0 Å². The minimum atomic E-state index is -0.169. The third kappa shape index (κ3) is 4.62. The normalized spacial score (nSPS) is 10.3. The third-order valence-corrected chi connectivity index (χ3v) is 4.38. The molecule has 0 aliphatic rings. The summed E-state index contributed by atoms with van der Waals surface area (Å²) < 4.78 is 6.17. The quantitative estimate of drug-likeness (QED) is 0.763. The number of nitrogens with one attached hydrogen (secondary N) is 2. The van der Waals surface area contributed by atoms with E-state index < -0.39 is 0 Å². The summed E-state index contributed by atoms with van der Waals surface area (Å²) in [6.07, 6.45) is 0. The lowest BCUT2D eigenvalue weighted by Crippen LogP contribution is -2.22. The fraction of sp³-hybridized carbons (Fsp3) is 0.235. The molecule has 0 spiro atoms. The molecule has 23 heavy (non-hydrogen) atoms. The number of halogens is 2. The predicted octanol–water partition coefficient (Wildman–Crippen LogP) is 4.78. The van der Waals surface area contributed by atoms with Gasteiger partial charge in [0, 0.05) is 21.2 Å². The Bertz CT molecular complexity index is 735. The second-order valence-electron chi connectivity index (χ2n) is 5.19. The zero-order valence-electron chi connectivity index (χ0n) is 13.2. The summed E-state index contributed by atoms with van der Waals surface area (Å²) in [6, 6.07) is 9.39. The molecular formula is C17H18BrClN2O2. The maximum absolute atomic E-state index is 12.2. The second kappa shape index (κ2) is 7.70. The van der Waals surface area contributed by atoms with Gasteiger partial charge < -0.3 is 15.4 Å². The van der Waals surface area contributed by atoms with Gasteiger partial charge in [-0.3, -0.25) is 4.79 Å². The number of amides is 1. The first kappa shape index (κ1) is 17.6. The van der Waals surface area contributed by atoms with Crippen LogP contribution in [0, 0.1) is 13.8 Å². The Morgan fingerprint density at radius 2 is 1.96 bits per heavy atom. The van der Waals surface area contributed by atoms with Crippen molar-refractivity contribution in [3.8, 4) is 5.75 Å². The fourth-order valence-electron chi connectivity index (χ4n) is 2.06. The van der Waals surface area contributed by atoms with Crippen molar-refractivity contribution in [2.75, 3.05) is 24.3 Å². The Morgan fingerprint density at radius 1 is 1.22 bits per heavy atom. The van der Waals surface area contributed by atoms with Gasteiger partial charge >= 0.3 is 0 Å². The second-order valence-corrected chi connectivity index (χ2v) is 6.45. The van der Waals surface area contributed by atoms with Gasteiger partial charge in [0.2, 0.25) is 5.91 Å². The van der Waals surface area contributed by atoms with Gasteiger partial charge in [0.05, 0.1) is 19.3 Å². The Labute approximate surface area is 149 Å². The molecule has 0 atom stereocenters. The molecule has 0 aromatic heterocycles. The molecule has 0 saturated heterocycles. The lowest BCUT2D eigenvalue weighted by molar-refractivity contribution is -0.114. The van der Waals surface area contributed by atoms with Crippen LogP contribution in [0.15, 0.2) is 34.8 Å². The lowest BCUT2D eigenvalue weighted by atomic mass is 10.2. The Morgan fingerprint density at radius 3 is 2.61 bits per heavy atom. The van der Waals surface area contributed by atoms with Crippen LogP contribution in [0.25, 0.3) is 0 Å². The van der Waals surface area contributed by atoms with Crippen LogP contribution in [0.2, 0.25) is 5.02 Å². The third-order valence-electron chi connectivity index (χ3n) is 3.32. The molecule has 122 valence electrons. The number of carbonyl (C=O) groups is 1. The molecule has 2 rings (SSSR count). The maximum Gasteiger partial charge on any atom is 0.243 e. The van der Waals surface area contributed by atoms with E-state index in [1.807, 2.05) is 32.0 Å². The van der Waals surface area contributed by atoms with E-state index in [4.69, 9.17) is 16.3 Å². The zero-order chi connectivity index (χ0) is 17.0. The number of anilines is 2. The number of methoxy groups -OCH3 is 1. The van der Waals surface area contributed by atoms with Gasteiger partial charge in [0.15, 0.2) is 0 Å². The van der Waals surface area contributed by atoms with Crippen molar-refractivity contribution in [2.24, 2.45) is 0 Å². The SMILES string of the molecule is COc1cc(Cl)c(C)cc1NC(=O)CNc1ccc(C)cc1Br. The van der Waals surface area contributed by atoms with E-state index >= 15 is 0 Å². The molecule has 0 aliphatic heterocycles. The number of rotatable bonds is 5.